The van der Waals surface area contributed by atoms with E-state index < -0.39 is 0 Å². The molecule has 0 aliphatic rings. The van der Waals surface area contributed by atoms with E-state index >= 15 is 0 Å². The summed E-state index contributed by atoms with van der Waals surface area (Å²) in [6.07, 6.45) is 0. The molecule has 0 aliphatic carbocycles. The van der Waals surface area contributed by atoms with Crippen molar-refractivity contribution in [3.63, 3.8) is 0 Å². The average Bonchev–Trinajstić information content (AvgIpc) is 2.15. The molecule has 0 heterocycles. The minimum Gasteiger partial charge on any atom is -0.395 e. The van der Waals surface area contributed by atoms with Crippen molar-refractivity contribution in [1.29, 1.82) is 0 Å². The lowest BCUT2D eigenvalue weighted by molar-refractivity contribution is 0.286. The summed E-state index contributed by atoms with van der Waals surface area (Å²) in [5.74, 6) is 0. The van der Waals surface area contributed by atoms with Crippen LogP contribution < -0.4 is 5.32 Å². The van der Waals surface area contributed by atoms with Crippen molar-refractivity contribution in [2.75, 3.05) is 13.2 Å². The summed E-state index contributed by atoms with van der Waals surface area (Å²) in [6.45, 7) is 2.93. The zero-order chi connectivity index (χ0) is 8.81. The third-order valence-electron chi connectivity index (χ3n) is 1.86. The van der Waals surface area contributed by atoms with Crippen LogP contribution >= 0.6 is 0 Å². The van der Waals surface area contributed by atoms with E-state index in [0.29, 0.717) is 12.6 Å². The summed E-state index contributed by atoms with van der Waals surface area (Å²) < 4.78 is 0. The van der Waals surface area contributed by atoms with Gasteiger partial charge in [-0.15, -0.1) is 0 Å². The van der Waals surface area contributed by atoms with Crippen LogP contribution in [-0.4, -0.2) is 18.3 Å². The topological polar surface area (TPSA) is 32.3 Å². The molecule has 2 nitrogen and oxygen atoms in total. The van der Waals surface area contributed by atoms with Gasteiger partial charge in [-0.3, -0.25) is 0 Å². The molecule has 0 unspecified atom stereocenters. The third kappa shape index (κ3) is 2.64. The number of rotatable bonds is 4. The van der Waals surface area contributed by atoms with Gasteiger partial charge in [-0.05, 0) is 12.5 Å². The van der Waals surface area contributed by atoms with Gasteiger partial charge in [0, 0.05) is 12.6 Å². The Hall–Kier alpha value is -0.860. The molecule has 1 atom stereocenters. The van der Waals surface area contributed by atoms with Gasteiger partial charge < -0.3 is 10.4 Å². The molecule has 0 amide bonds. The highest BCUT2D eigenvalue weighted by Crippen LogP contribution is 2.09. The Morgan fingerprint density at radius 3 is 2.58 bits per heavy atom. The Kier molecular flexibility index (Phi) is 3.77. The second-order valence-electron chi connectivity index (χ2n) is 2.81. The second kappa shape index (κ2) is 4.91. The van der Waals surface area contributed by atoms with E-state index in [9.17, 15) is 0 Å². The van der Waals surface area contributed by atoms with Crippen molar-refractivity contribution in [3.05, 3.63) is 35.9 Å². The smallest absolute Gasteiger partial charge is 0.0556 e. The van der Waals surface area contributed by atoms with Gasteiger partial charge in [-0.1, -0.05) is 30.3 Å². The van der Waals surface area contributed by atoms with E-state index in [2.05, 4.69) is 24.4 Å². The van der Waals surface area contributed by atoms with Crippen LogP contribution in [0.5, 0.6) is 0 Å². The Balaban J connectivity index is 2.48. The Bertz CT molecular complexity index is 210. The van der Waals surface area contributed by atoms with E-state index in [4.69, 9.17) is 5.11 Å². The molecule has 0 fully saturated rings. The molecule has 0 radical (unpaired) electrons. The van der Waals surface area contributed by atoms with Gasteiger partial charge in [0.25, 0.3) is 0 Å². The maximum Gasteiger partial charge on any atom is 0.0556 e. The molecule has 0 bridgehead atoms. The molecule has 2 N–H and O–H groups in total. The maximum atomic E-state index is 8.60. The van der Waals surface area contributed by atoms with Crippen LogP contribution in [0.3, 0.4) is 0 Å². The van der Waals surface area contributed by atoms with Gasteiger partial charge in [0.05, 0.1) is 6.61 Å². The summed E-state index contributed by atoms with van der Waals surface area (Å²) in [7, 11) is 0. The molecule has 1 aromatic carbocycles. The Morgan fingerprint density at radius 1 is 1.33 bits per heavy atom. The van der Waals surface area contributed by atoms with Crippen LogP contribution in [-0.2, 0) is 0 Å². The molecular formula is C10H15NO. The van der Waals surface area contributed by atoms with E-state index in [1.54, 1.807) is 0 Å². The molecule has 0 aromatic heterocycles. The minimum atomic E-state index is 0.192. The first kappa shape index (κ1) is 9.23. The molecule has 1 aromatic rings. The minimum absolute atomic E-state index is 0.192. The van der Waals surface area contributed by atoms with E-state index in [-0.39, 0.29) is 6.61 Å². The summed E-state index contributed by atoms with van der Waals surface area (Å²) >= 11 is 0. The highest BCUT2D eigenvalue weighted by atomic mass is 16.3. The van der Waals surface area contributed by atoms with Gasteiger partial charge in [-0.2, -0.15) is 0 Å². The fraction of sp³-hybridized carbons (Fsp3) is 0.400. The number of benzene rings is 1. The van der Waals surface area contributed by atoms with Gasteiger partial charge in [0.1, 0.15) is 0 Å². The number of nitrogens with one attached hydrogen (secondary N) is 1. The number of aliphatic hydroxyl groups excluding tert-OH is 1. The van der Waals surface area contributed by atoms with Crippen LogP contribution in [0.1, 0.15) is 18.5 Å². The lowest BCUT2D eigenvalue weighted by atomic mass is 10.1. The quantitative estimate of drug-likeness (QED) is 0.705. The molecule has 12 heavy (non-hydrogen) atoms. The van der Waals surface area contributed by atoms with Gasteiger partial charge in [0.15, 0.2) is 0 Å². The molecule has 0 spiro atoms. The largest absolute Gasteiger partial charge is 0.395 e. The van der Waals surface area contributed by atoms with Crippen molar-refractivity contribution >= 4 is 0 Å². The zero-order valence-electron chi connectivity index (χ0n) is 7.33. The highest BCUT2D eigenvalue weighted by molar-refractivity contribution is 5.17. The number of aliphatic hydroxyl groups is 1. The van der Waals surface area contributed by atoms with Gasteiger partial charge in [-0.25, -0.2) is 0 Å². The normalized spacial score (nSPS) is 12.8. The lowest BCUT2D eigenvalue weighted by Crippen LogP contribution is -2.21. The third-order valence-corrected chi connectivity index (χ3v) is 1.86. The van der Waals surface area contributed by atoms with Crippen LogP contribution in [0.4, 0.5) is 0 Å². The fourth-order valence-electron chi connectivity index (χ4n) is 1.14. The second-order valence-corrected chi connectivity index (χ2v) is 2.81. The van der Waals surface area contributed by atoms with Gasteiger partial charge in [0.2, 0.25) is 0 Å². The van der Waals surface area contributed by atoms with E-state index in [1.807, 2.05) is 18.2 Å². The standard InChI is InChI=1S/C10H15NO/c1-9(11-7-8-12)10-5-3-2-4-6-10/h2-6,9,11-12H,7-8H2,1H3/t9-/m0/s1. The summed E-state index contributed by atoms with van der Waals surface area (Å²) in [4.78, 5) is 0. The average molecular weight is 165 g/mol. The SMILES string of the molecule is C[C@H](NCCO)c1ccccc1. The molecule has 2 heteroatoms. The first-order chi connectivity index (χ1) is 5.84. The molecule has 1 rings (SSSR count). The molecule has 66 valence electrons. The zero-order valence-corrected chi connectivity index (χ0v) is 7.33. The highest BCUT2D eigenvalue weighted by Gasteiger charge is 2.01. The summed E-state index contributed by atoms with van der Waals surface area (Å²) in [5, 5.41) is 11.8. The Labute approximate surface area is 73.2 Å². The van der Waals surface area contributed by atoms with Crippen LogP contribution in [0.2, 0.25) is 0 Å². The van der Waals surface area contributed by atoms with Crippen LogP contribution in [0, 0.1) is 0 Å². The van der Waals surface area contributed by atoms with E-state index in [0.717, 1.165) is 0 Å². The molecular weight excluding hydrogens is 150 g/mol. The number of hydrogen-bond acceptors (Lipinski definition) is 2. The Morgan fingerprint density at radius 2 is 2.00 bits per heavy atom. The first-order valence-corrected chi connectivity index (χ1v) is 4.24. The van der Waals surface area contributed by atoms with Crippen molar-refractivity contribution in [1.82, 2.24) is 5.32 Å². The van der Waals surface area contributed by atoms with Crippen molar-refractivity contribution < 1.29 is 5.11 Å². The molecule has 0 saturated carbocycles. The van der Waals surface area contributed by atoms with E-state index in [1.165, 1.54) is 5.56 Å². The van der Waals surface area contributed by atoms with Crippen LogP contribution in [0.15, 0.2) is 30.3 Å². The lowest BCUT2D eigenvalue weighted by Gasteiger charge is -2.12. The fourth-order valence-corrected chi connectivity index (χ4v) is 1.14. The number of hydrogen-bond donors (Lipinski definition) is 2. The van der Waals surface area contributed by atoms with Crippen molar-refractivity contribution in [3.8, 4) is 0 Å². The molecule has 0 aliphatic heterocycles. The first-order valence-electron chi connectivity index (χ1n) is 4.24. The predicted octanol–water partition coefficient (Wildman–Crippen LogP) is 1.33. The predicted molar refractivity (Wildman–Crippen MR) is 49.9 cm³/mol. The monoisotopic (exact) mass is 165 g/mol. The van der Waals surface area contributed by atoms with Crippen molar-refractivity contribution in [2.24, 2.45) is 0 Å². The van der Waals surface area contributed by atoms with Crippen molar-refractivity contribution in [2.45, 2.75) is 13.0 Å². The summed E-state index contributed by atoms with van der Waals surface area (Å²) in [5.41, 5.74) is 1.26. The van der Waals surface area contributed by atoms with Crippen LogP contribution in [0.25, 0.3) is 0 Å². The summed E-state index contributed by atoms with van der Waals surface area (Å²) in [6, 6.07) is 10.5. The molecule has 0 saturated heterocycles. The van der Waals surface area contributed by atoms with Gasteiger partial charge >= 0.3 is 0 Å². The maximum absolute atomic E-state index is 8.60.